The first kappa shape index (κ1) is 17.0. The Labute approximate surface area is 124 Å². The van der Waals surface area contributed by atoms with Gasteiger partial charge in [0, 0.05) is 6.54 Å². The summed E-state index contributed by atoms with van der Waals surface area (Å²) in [5.74, 6) is -1.19. The van der Waals surface area contributed by atoms with Crippen molar-refractivity contribution in [3.05, 3.63) is 35.9 Å². The molecule has 116 valence electrons. The lowest BCUT2D eigenvalue weighted by atomic mass is 9.73. The van der Waals surface area contributed by atoms with Crippen molar-refractivity contribution in [1.29, 1.82) is 0 Å². The van der Waals surface area contributed by atoms with Gasteiger partial charge in [-0.1, -0.05) is 51.1 Å². The standard InChI is InChI=1S/C15H22N2O4/c1-14(2,3)15(10-16,12(18)19)17-13(20)21-9-11-7-5-4-6-8-11/h4-8H,9-10,16H2,1-3H3,(H,17,20)(H,18,19)/t15-/m1/s1. The van der Waals surface area contributed by atoms with Crippen LogP contribution in [0, 0.1) is 5.41 Å². The molecule has 1 amide bonds. The van der Waals surface area contributed by atoms with Crippen LogP contribution in [0.3, 0.4) is 0 Å². The van der Waals surface area contributed by atoms with Crippen LogP contribution >= 0.6 is 0 Å². The number of amides is 1. The molecule has 1 rings (SSSR count). The van der Waals surface area contributed by atoms with E-state index in [0.717, 1.165) is 5.56 Å². The molecule has 0 aliphatic heterocycles. The van der Waals surface area contributed by atoms with Crippen LogP contribution in [0.1, 0.15) is 26.3 Å². The molecule has 0 unspecified atom stereocenters. The molecule has 0 aromatic heterocycles. The van der Waals surface area contributed by atoms with Crippen molar-refractivity contribution >= 4 is 12.1 Å². The van der Waals surface area contributed by atoms with E-state index in [1.165, 1.54) is 0 Å². The summed E-state index contributed by atoms with van der Waals surface area (Å²) in [6.45, 7) is 4.94. The number of alkyl carbamates (subject to hydrolysis) is 1. The van der Waals surface area contributed by atoms with Gasteiger partial charge in [-0.05, 0) is 11.0 Å². The quantitative estimate of drug-likeness (QED) is 0.767. The maximum absolute atomic E-state index is 11.9. The number of rotatable bonds is 5. The van der Waals surface area contributed by atoms with Crippen LogP contribution < -0.4 is 11.1 Å². The number of carbonyl (C=O) groups is 2. The molecule has 0 spiro atoms. The Morgan fingerprint density at radius 2 is 1.81 bits per heavy atom. The number of ether oxygens (including phenoxy) is 1. The van der Waals surface area contributed by atoms with Gasteiger partial charge in [-0.2, -0.15) is 0 Å². The van der Waals surface area contributed by atoms with Crippen LogP contribution in [0.2, 0.25) is 0 Å². The van der Waals surface area contributed by atoms with Crippen molar-refractivity contribution in [3.8, 4) is 0 Å². The van der Waals surface area contributed by atoms with E-state index in [2.05, 4.69) is 5.32 Å². The molecule has 4 N–H and O–H groups in total. The van der Waals surface area contributed by atoms with Crippen LogP contribution in [0.25, 0.3) is 0 Å². The van der Waals surface area contributed by atoms with Crippen LogP contribution in [-0.4, -0.2) is 29.3 Å². The van der Waals surface area contributed by atoms with Crippen molar-refractivity contribution in [2.45, 2.75) is 32.9 Å². The molecule has 1 aromatic rings. The highest BCUT2D eigenvalue weighted by Crippen LogP contribution is 2.30. The summed E-state index contributed by atoms with van der Waals surface area (Å²) in [5.41, 5.74) is 4.07. The number of hydrogen-bond donors (Lipinski definition) is 3. The lowest BCUT2D eigenvalue weighted by molar-refractivity contribution is -0.149. The monoisotopic (exact) mass is 294 g/mol. The Hall–Kier alpha value is -2.08. The third-order valence-electron chi connectivity index (χ3n) is 3.48. The van der Waals surface area contributed by atoms with Crippen LogP contribution in [0.5, 0.6) is 0 Å². The van der Waals surface area contributed by atoms with Gasteiger partial charge in [0.25, 0.3) is 0 Å². The lowest BCUT2D eigenvalue weighted by Crippen LogP contribution is -2.66. The number of carboxylic acids is 1. The Morgan fingerprint density at radius 3 is 2.24 bits per heavy atom. The van der Waals surface area contributed by atoms with Gasteiger partial charge in [-0.3, -0.25) is 0 Å². The SMILES string of the molecule is CC(C)(C)[C@](CN)(NC(=O)OCc1ccccc1)C(=O)O. The van der Waals surface area contributed by atoms with E-state index in [9.17, 15) is 14.7 Å². The fraction of sp³-hybridized carbons (Fsp3) is 0.467. The summed E-state index contributed by atoms with van der Waals surface area (Å²) < 4.78 is 5.06. The minimum absolute atomic E-state index is 0.0666. The summed E-state index contributed by atoms with van der Waals surface area (Å²) in [5, 5.41) is 11.8. The zero-order chi connectivity index (χ0) is 16.1. The van der Waals surface area contributed by atoms with E-state index in [1.807, 2.05) is 30.3 Å². The van der Waals surface area contributed by atoms with E-state index in [-0.39, 0.29) is 13.2 Å². The van der Waals surface area contributed by atoms with Gasteiger partial charge in [-0.15, -0.1) is 0 Å². The summed E-state index contributed by atoms with van der Waals surface area (Å²) in [6.07, 6.45) is -0.804. The second kappa shape index (κ2) is 6.58. The first-order valence-electron chi connectivity index (χ1n) is 6.65. The minimum atomic E-state index is -1.58. The maximum Gasteiger partial charge on any atom is 0.408 e. The second-order valence-corrected chi connectivity index (χ2v) is 5.85. The number of nitrogens with one attached hydrogen (secondary N) is 1. The van der Waals surface area contributed by atoms with Crippen LogP contribution in [0.15, 0.2) is 30.3 Å². The third-order valence-corrected chi connectivity index (χ3v) is 3.48. The van der Waals surface area contributed by atoms with Crippen LogP contribution in [-0.2, 0) is 16.1 Å². The van der Waals surface area contributed by atoms with Crippen molar-refractivity contribution in [1.82, 2.24) is 5.32 Å². The first-order chi connectivity index (χ1) is 9.73. The van der Waals surface area contributed by atoms with Gasteiger partial charge in [0.1, 0.15) is 6.61 Å². The number of nitrogens with two attached hydrogens (primary N) is 1. The number of carboxylic acid groups (broad SMARTS) is 1. The van der Waals surface area contributed by atoms with E-state index < -0.39 is 23.0 Å². The average Bonchev–Trinajstić information content (AvgIpc) is 2.42. The van der Waals surface area contributed by atoms with Crippen molar-refractivity contribution in [3.63, 3.8) is 0 Å². The van der Waals surface area contributed by atoms with Gasteiger partial charge in [-0.25, -0.2) is 9.59 Å². The van der Waals surface area contributed by atoms with Gasteiger partial charge in [0.05, 0.1) is 0 Å². The second-order valence-electron chi connectivity index (χ2n) is 5.85. The molecule has 0 bridgehead atoms. The predicted octanol–water partition coefficient (Wildman–Crippen LogP) is 1.74. The molecule has 0 fully saturated rings. The summed E-state index contributed by atoms with van der Waals surface area (Å²) in [6, 6.07) is 9.13. The van der Waals surface area contributed by atoms with E-state index in [0.29, 0.717) is 0 Å². The topological polar surface area (TPSA) is 102 Å². The lowest BCUT2D eigenvalue weighted by Gasteiger charge is -2.40. The Kier molecular flexibility index (Phi) is 5.32. The van der Waals surface area contributed by atoms with Gasteiger partial charge in [0.15, 0.2) is 5.54 Å². The van der Waals surface area contributed by atoms with E-state index in [4.69, 9.17) is 10.5 Å². The molecule has 21 heavy (non-hydrogen) atoms. The molecule has 6 nitrogen and oxygen atoms in total. The van der Waals surface area contributed by atoms with Crippen molar-refractivity contribution < 1.29 is 19.4 Å². The van der Waals surface area contributed by atoms with Crippen molar-refractivity contribution in [2.24, 2.45) is 11.1 Å². The van der Waals surface area contributed by atoms with Crippen LogP contribution in [0.4, 0.5) is 4.79 Å². The fourth-order valence-corrected chi connectivity index (χ4v) is 1.94. The highest BCUT2D eigenvalue weighted by molar-refractivity contribution is 5.85. The normalized spacial score (nSPS) is 14.1. The van der Waals surface area contributed by atoms with Gasteiger partial charge in [0.2, 0.25) is 0 Å². The molecule has 0 radical (unpaired) electrons. The molecule has 0 heterocycles. The number of benzene rings is 1. The zero-order valence-corrected chi connectivity index (χ0v) is 12.6. The molecule has 0 aliphatic carbocycles. The Balaban J connectivity index is 2.76. The molecule has 0 saturated heterocycles. The summed E-state index contributed by atoms with van der Waals surface area (Å²) >= 11 is 0. The third kappa shape index (κ3) is 3.95. The summed E-state index contributed by atoms with van der Waals surface area (Å²) in [4.78, 5) is 23.4. The first-order valence-corrected chi connectivity index (χ1v) is 6.65. The van der Waals surface area contributed by atoms with E-state index in [1.54, 1.807) is 20.8 Å². The fourth-order valence-electron chi connectivity index (χ4n) is 1.94. The molecule has 6 heteroatoms. The minimum Gasteiger partial charge on any atom is -0.479 e. The van der Waals surface area contributed by atoms with Gasteiger partial charge >= 0.3 is 12.1 Å². The number of hydrogen-bond acceptors (Lipinski definition) is 4. The number of carbonyl (C=O) groups excluding carboxylic acids is 1. The zero-order valence-electron chi connectivity index (χ0n) is 12.6. The molecule has 1 atom stereocenters. The average molecular weight is 294 g/mol. The molecule has 0 aliphatic rings. The van der Waals surface area contributed by atoms with Crippen molar-refractivity contribution in [2.75, 3.05) is 6.54 Å². The Bertz CT molecular complexity index is 496. The Morgan fingerprint density at radius 1 is 1.24 bits per heavy atom. The van der Waals surface area contributed by atoms with Gasteiger partial charge < -0.3 is 20.9 Å². The maximum atomic E-state index is 11.9. The molecule has 0 saturated carbocycles. The molecular weight excluding hydrogens is 272 g/mol. The molecule has 1 aromatic carbocycles. The number of aliphatic carboxylic acids is 1. The smallest absolute Gasteiger partial charge is 0.408 e. The molecular formula is C15H22N2O4. The predicted molar refractivity (Wildman–Crippen MR) is 78.6 cm³/mol. The summed E-state index contributed by atoms with van der Waals surface area (Å²) in [7, 11) is 0. The van der Waals surface area contributed by atoms with E-state index >= 15 is 0 Å². The largest absolute Gasteiger partial charge is 0.479 e. The highest BCUT2D eigenvalue weighted by atomic mass is 16.5. The highest BCUT2D eigenvalue weighted by Gasteiger charge is 2.49.